The van der Waals surface area contributed by atoms with E-state index < -0.39 is 5.82 Å². The highest BCUT2D eigenvalue weighted by molar-refractivity contribution is 6.33. The zero-order valence-corrected chi connectivity index (χ0v) is 13.2. The van der Waals surface area contributed by atoms with E-state index in [0.717, 1.165) is 0 Å². The number of piperidine rings is 1. The number of carbonyl (C=O) groups is 1. The Labute approximate surface area is 138 Å². The van der Waals surface area contributed by atoms with Crippen molar-refractivity contribution in [2.24, 2.45) is 0 Å². The quantitative estimate of drug-likeness (QED) is 0.862. The van der Waals surface area contributed by atoms with E-state index in [1.54, 1.807) is 17.2 Å². The van der Waals surface area contributed by atoms with Crippen LogP contribution in [0, 0.1) is 5.82 Å². The van der Waals surface area contributed by atoms with Crippen molar-refractivity contribution in [3.8, 4) is 5.88 Å². The van der Waals surface area contributed by atoms with Crippen molar-refractivity contribution in [3.63, 3.8) is 0 Å². The van der Waals surface area contributed by atoms with Crippen LogP contribution in [0.25, 0.3) is 0 Å². The molecule has 1 aromatic heterocycles. The molecule has 1 aliphatic rings. The van der Waals surface area contributed by atoms with E-state index in [0.29, 0.717) is 31.8 Å². The van der Waals surface area contributed by atoms with Crippen molar-refractivity contribution in [2.45, 2.75) is 18.9 Å². The molecule has 120 valence electrons. The number of likely N-dealkylation sites (tertiary alicyclic amines) is 1. The average molecular weight is 335 g/mol. The molecule has 23 heavy (non-hydrogen) atoms. The van der Waals surface area contributed by atoms with Crippen molar-refractivity contribution in [1.29, 1.82) is 0 Å². The maximum Gasteiger partial charge on any atom is 0.258 e. The number of hydrogen-bond acceptors (Lipinski definition) is 3. The number of hydrogen-bond donors (Lipinski definition) is 0. The fourth-order valence-corrected chi connectivity index (χ4v) is 2.87. The van der Waals surface area contributed by atoms with Gasteiger partial charge >= 0.3 is 0 Å². The summed E-state index contributed by atoms with van der Waals surface area (Å²) in [6.45, 7) is 1.00. The van der Waals surface area contributed by atoms with Crippen LogP contribution < -0.4 is 4.74 Å². The Hall–Kier alpha value is -2.14. The number of rotatable bonds is 3. The number of carbonyl (C=O) groups excluding carboxylic acids is 1. The topological polar surface area (TPSA) is 42.4 Å². The average Bonchev–Trinajstić information content (AvgIpc) is 2.56. The lowest BCUT2D eigenvalue weighted by atomic mass is 10.1. The lowest BCUT2D eigenvalue weighted by Gasteiger charge is -2.32. The van der Waals surface area contributed by atoms with Crippen molar-refractivity contribution in [1.82, 2.24) is 9.88 Å². The van der Waals surface area contributed by atoms with Crippen molar-refractivity contribution >= 4 is 17.5 Å². The van der Waals surface area contributed by atoms with Crippen LogP contribution in [0.5, 0.6) is 5.88 Å². The van der Waals surface area contributed by atoms with Gasteiger partial charge in [0.05, 0.1) is 10.6 Å². The highest BCUT2D eigenvalue weighted by Crippen LogP contribution is 2.23. The van der Waals surface area contributed by atoms with Gasteiger partial charge in [0.25, 0.3) is 5.91 Å². The van der Waals surface area contributed by atoms with E-state index in [2.05, 4.69) is 4.98 Å². The Balaban J connectivity index is 1.62. The maximum atomic E-state index is 13.9. The van der Waals surface area contributed by atoms with Crippen LogP contribution in [0.3, 0.4) is 0 Å². The number of amides is 1. The Kier molecular flexibility index (Phi) is 4.76. The van der Waals surface area contributed by atoms with E-state index in [4.69, 9.17) is 16.3 Å². The molecule has 1 aliphatic heterocycles. The van der Waals surface area contributed by atoms with Crippen LogP contribution in [-0.4, -0.2) is 35.0 Å². The maximum absolute atomic E-state index is 13.9. The van der Waals surface area contributed by atoms with Gasteiger partial charge in [-0.3, -0.25) is 4.79 Å². The highest BCUT2D eigenvalue weighted by atomic mass is 35.5. The summed E-state index contributed by atoms with van der Waals surface area (Å²) >= 11 is 5.96. The summed E-state index contributed by atoms with van der Waals surface area (Å²) in [6.07, 6.45) is 3.03. The van der Waals surface area contributed by atoms with Gasteiger partial charge in [0.1, 0.15) is 11.9 Å². The number of halogens is 2. The zero-order chi connectivity index (χ0) is 16.2. The first-order valence-corrected chi connectivity index (χ1v) is 7.84. The fraction of sp³-hybridized carbons (Fsp3) is 0.294. The third-order valence-corrected chi connectivity index (χ3v) is 4.15. The zero-order valence-electron chi connectivity index (χ0n) is 12.4. The Bertz CT molecular complexity index is 668. The molecule has 0 saturated carbocycles. The molecular formula is C17H16ClFN2O2. The minimum atomic E-state index is -0.589. The van der Waals surface area contributed by atoms with Gasteiger partial charge in [0, 0.05) is 38.2 Å². The molecule has 1 saturated heterocycles. The molecule has 4 nitrogen and oxygen atoms in total. The number of aromatic nitrogens is 1. The summed E-state index contributed by atoms with van der Waals surface area (Å²) in [6, 6.07) is 9.75. The summed E-state index contributed by atoms with van der Waals surface area (Å²) in [4.78, 5) is 18.2. The number of benzene rings is 1. The van der Waals surface area contributed by atoms with Gasteiger partial charge < -0.3 is 9.64 Å². The van der Waals surface area contributed by atoms with Crippen molar-refractivity contribution in [3.05, 3.63) is 59.0 Å². The van der Waals surface area contributed by atoms with Crippen LogP contribution in [0.2, 0.25) is 5.02 Å². The first-order valence-electron chi connectivity index (χ1n) is 7.46. The minimum absolute atomic E-state index is 0.00467. The van der Waals surface area contributed by atoms with Crippen LogP contribution in [0.1, 0.15) is 23.2 Å². The van der Waals surface area contributed by atoms with Gasteiger partial charge in [-0.25, -0.2) is 9.37 Å². The fourth-order valence-electron chi connectivity index (χ4n) is 2.62. The molecule has 0 N–H and O–H groups in total. The molecule has 0 unspecified atom stereocenters. The summed E-state index contributed by atoms with van der Waals surface area (Å²) in [5.74, 6) is -0.381. The number of pyridine rings is 1. The number of nitrogens with zero attached hydrogens (tertiary/aromatic N) is 2. The molecule has 0 spiro atoms. The van der Waals surface area contributed by atoms with Crippen LogP contribution in [-0.2, 0) is 0 Å². The molecule has 3 rings (SSSR count). The van der Waals surface area contributed by atoms with Gasteiger partial charge in [0.2, 0.25) is 5.88 Å². The monoisotopic (exact) mass is 334 g/mol. The van der Waals surface area contributed by atoms with Gasteiger partial charge in [0.15, 0.2) is 0 Å². The standard InChI is InChI=1S/C17H16ClFN2O2/c18-13-4-3-5-14(19)16(13)17(22)21-10-7-12(8-11-21)23-15-6-1-2-9-20-15/h1-6,9,12H,7-8,10-11H2. The lowest BCUT2D eigenvalue weighted by Crippen LogP contribution is -2.42. The van der Waals surface area contributed by atoms with Gasteiger partial charge in [-0.2, -0.15) is 0 Å². The molecule has 6 heteroatoms. The van der Waals surface area contributed by atoms with Crippen molar-refractivity contribution in [2.75, 3.05) is 13.1 Å². The normalized spacial score (nSPS) is 15.5. The van der Waals surface area contributed by atoms with Crippen LogP contribution >= 0.6 is 11.6 Å². The second-order valence-electron chi connectivity index (χ2n) is 5.37. The minimum Gasteiger partial charge on any atom is -0.474 e. The Morgan fingerprint density at radius 1 is 1.22 bits per heavy atom. The second-order valence-corrected chi connectivity index (χ2v) is 5.78. The lowest BCUT2D eigenvalue weighted by molar-refractivity contribution is 0.0584. The third kappa shape index (κ3) is 3.62. The van der Waals surface area contributed by atoms with E-state index in [9.17, 15) is 9.18 Å². The van der Waals surface area contributed by atoms with Gasteiger partial charge in [-0.05, 0) is 18.2 Å². The molecule has 2 heterocycles. The molecule has 0 bridgehead atoms. The van der Waals surface area contributed by atoms with E-state index in [-0.39, 0.29) is 22.6 Å². The first-order chi connectivity index (χ1) is 11.1. The molecule has 0 aliphatic carbocycles. The summed E-state index contributed by atoms with van der Waals surface area (Å²) in [5.41, 5.74) is -0.0572. The first kappa shape index (κ1) is 15.7. The largest absolute Gasteiger partial charge is 0.474 e. The number of ether oxygens (including phenoxy) is 1. The Morgan fingerprint density at radius 2 is 2.00 bits per heavy atom. The summed E-state index contributed by atoms with van der Waals surface area (Å²) in [7, 11) is 0. The predicted octanol–water partition coefficient (Wildman–Crippen LogP) is 3.56. The highest BCUT2D eigenvalue weighted by Gasteiger charge is 2.27. The van der Waals surface area contributed by atoms with Gasteiger partial charge in [-0.15, -0.1) is 0 Å². The summed E-state index contributed by atoms with van der Waals surface area (Å²) in [5, 5.41) is 0.141. The SMILES string of the molecule is O=C(c1c(F)cccc1Cl)N1CCC(Oc2ccccn2)CC1. The molecule has 0 radical (unpaired) electrons. The molecule has 2 aromatic rings. The smallest absolute Gasteiger partial charge is 0.258 e. The Morgan fingerprint density at radius 3 is 2.65 bits per heavy atom. The third-order valence-electron chi connectivity index (χ3n) is 3.83. The molecule has 1 fully saturated rings. The predicted molar refractivity (Wildman–Crippen MR) is 85.2 cm³/mol. The summed E-state index contributed by atoms with van der Waals surface area (Å²) < 4.78 is 19.6. The van der Waals surface area contributed by atoms with E-state index in [1.165, 1.54) is 18.2 Å². The van der Waals surface area contributed by atoms with Crippen LogP contribution in [0.15, 0.2) is 42.6 Å². The molecule has 1 amide bonds. The molecule has 1 aromatic carbocycles. The van der Waals surface area contributed by atoms with Crippen molar-refractivity contribution < 1.29 is 13.9 Å². The molecule has 0 atom stereocenters. The molecular weight excluding hydrogens is 319 g/mol. The van der Waals surface area contributed by atoms with Crippen LogP contribution in [0.4, 0.5) is 4.39 Å². The second kappa shape index (κ2) is 6.96. The van der Waals surface area contributed by atoms with E-state index >= 15 is 0 Å². The van der Waals surface area contributed by atoms with Gasteiger partial charge in [-0.1, -0.05) is 23.7 Å². The van der Waals surface area contributed by atoms with E-state index in [1.807, 2.05) is 12.1 Å².